The maximum atomic E-state index is 13.1. The van der Waals surface area contributed by atoms with Gasteiger partial charge in [-0.1, -0.05) is 6.07 Å². The van der Waals surface area contributed by atoms with Gasteiger partial charge in [0.05, 0.1) is 25.0 Å². The monoisotopic (exact) mass is 261 g/mol. The quantitative estimate of drug-likeness (QED) is 0.895. The minimum Gasteiger partial charge on any atom is -0.392 e. The number of aliphatic hydroxyl groups is 1. The molecule has 0 bridgehead atoms. The molecule has 0 aliphatic carbocycles. The Balaban J connectivity index is 2.27. The van der Waals surface area contributed by atoms with E-state index in [-0.39, 0.29) is 6.61 Å². The summed E-state index contributed by atoms with van der Waals surface area (Å²) in [6, 6.07) is 7.00. The van der Waals surface area contributed by atoms with E-state index in [4.69, 9.17) is 0 Å². The lowest BCUT2D eigenvalue weighted by molar-refractivity contribution is 0.281. The van der Waals surface area contributed by atoms with E-state index in [1.807, 2.05) is 30.0 Å². The third-order valence-electron chi connectivity index (χ3n) is 2.84. The Bertz CT molecular complexity index is 533. The lowest BCUT2D eigenvalue weighted by Gasteiger charge is -2.23. The van der Waals surface area contributed by atoms with Crippen LogP contribution in [0.2, 0.25) is 0 Å². The van der Waals surface area contributed by atoms with Gasteiger partial charge in [0.1, 0.15) is 11.6 Å². The summed E-state index contributed by atoms with van der Waals surface area (Å²) < 4.78 is 13.1. The molecule has 2 heterocycles. The van der Waals surface area contributed by atoms with Crippen molar-refractivity contribution in [2.75, 3.05) is 11.4 Å². The van der Waals surface area contributed by atoms with Gasteiger partial charge in [0.25, 0.3) is 0 Å². The number of halogens is 1. The van der Waals surface area contributed by atoms with Crippen molar-refractivity contribution in [3.8, 4) is 0 Å². The van der Waals surface area contributed by atoms with E-state index < -0.39 is 5.82 Å². The zero-order valence-electron chi connectivity index (χ0n) is 10.8. The number of nitrogens with zero attached hydrogens (tertiary/aromatic N) is 3. The molecule has 0 unspecified atom stereocenters. The highest BCUT2D eigenvalue weighted by molar-refractivity contribution is 5.46. The number of hydrogen-bond donors (Lipinski definition) is 1. The summed E-state index contributed by atoms with van der Waals surface area (Å²) in [6.45, 7) is 3.01. The molecule has 5 heteroatoms. The van der Waals surface area contributed by atoms with Crippen LogP contribution in [0.3, 0.4) is 0 Å². The second-order valence-electron chi connectivity index (χ2n) is 4.13. The molecule has 0 amide bonds. The predicted octanol–water partition coefficient (Wildman–Crippen LogP) is 2.13. The van der Waals surface area contributed by atoms with Crippen molar-refractivity contribution in [1.82, 2.24) is 9.97 Å². The number of hydrogen-bond acceptors (Lipinski definition) is 4. The molecule has 19 heavy (non-hydrogen) atoms. The van der Waals surface area contributed by atoms with E-state index >= 15 is 0 Å². The van der Waals surface area contributed by atoms with Crippen molar-refractivity contribution < 1.29 is 9.50 Å². The van der Waals surface area contributed by atoms with Crippen molar-refractivity contribution in [1.29, 1.82) is 0 Å². The van der Waals surface area contributed by atoms with Gasteiger partial charge in [-0.25, -0.2) is 9.37 Å². The molecule has 0 atom stereocenters. The standard InChI is InChI=1S/C14H16FN3O/c1-2-18(9-13-5-3-4-6-16-13)14-11(10-19)7-12(15)8-17-14/h3-8,19H,2,9-10H2,1H3. The fraction of sp³-hybridized carbons (Fsp3) is 0.286. The van der Waals surface area contributed by atoms with Crippen LogP contribution >= 0.6 is 0 Å². The Labute approximate surface area is 111 Å². The molecule has 0 aliphatic rings. The van der Waals surface area contributed by atoms with E-state index in [2.05, 4.69) is 9.97 Å². The van der Waals surface area contributed by atoms with E-state index in [1.54, 1.807) is 6.20 Å². The van der Waals surface area contributed by atoms with Gasteiger partial charge in [-0.05, 0) is 25.1 Å². The normalized spacial score (nSPS) is 10.5. The Hall–Kier alpha value is -2.01. The Morgan fingerprint density at radius 3 is 2.79 bits per heavy atom. The largest absolute Gasteiger partial charge is 0.392 e. The van der Waals surface area contributed by atoms with E-state index in [1.165, 1.54) is 6.07 Å². The second kappa shape index (κ2) is 6.24. The molecule has 0 saturated carbocycles. The molecule has 2 aromatic heterocycles. The summed E-state index contributed by atoms with van der Waals surface area (Å²) in [4.78, 5) is 10.3. The second-order valence-corrected chi connectivity index (χ2v) is 4.13. The molecule has 100 valence electrons. The first kappa shape index (κ1) is 13.4. The van der Waals surface area contributed by atoms with Gasteiger partial charge in [0.2, 0.25) is 0 Å². The number of anilines is 1. The van der Waals surface area contributed by atoms with Gasteiger partial charge in [-0.15, -0.1) is 0 Å². The Kier molecular flexibility index (Phi) is 4.41. The molecule has 0 fully saturated rings. The third-order valence-corrected chi connectivity index (χ3v) is 2.84. The van der Waals surface area contributed by atoms with Crippen LogP contribution in [0.1, 0.15) is 18.2 Å². The average molecular weight is 261 g/mol. The van der Waals surface area contributed by atoms with Crippen LogP contribution in [0.15, 0.2) is 36.7 Å². The first-order valence-corrected chi connectivity index (χ1v) is 6.14. The number of pyridine rings is 2. The maximum absolute atomic E-state index is 13.1. The molecule has 0 radical (unpaired) electrons. The van der Waals surface area contributed by atoms with Crippen molar-refractivity contribution in [3.05, 3.63) is 53.7 Å². The lowest BCUT2D eigenvalue weighted by atomic mass is 10.2. The van der Waals surface area contributed by atoms with Crippen LogP contribution in [-0.2, 0) is 13.2 Å². The summed E-state index contributed by atoms with van der Waals surface area (Å²) in [6.07, 6.45) is 2.89. The lowest BCUT2D eigenvalue weighted by Crippen LogP contribution is -2.25. The zero-order chi connectivity index (χ0) is 13.7. The van der Waals surface area contributed by atoms with Crippen LogP contribution in [0.25, 0.3) is 0 Å². The van der Waals surface area contributed by atoms with Crippen molar-refractivity contribution >= 4 is 5.82 Å². The van der Waals surface area contributed by atoms with Gasteiger partial charge >= 0.3 is 0 Å². The number of aliphatic hydroxyl groups excluding tert-OH is 1. The highest BCUT2D eigenvalue weighted by Gasteiger charge is 2.13. The average Bonchev–Trinajstić information content (AvgIpc) is 2.46. The van der Waals surface area contributed by atoms with Crippen LogP contribution < -0.4 is 4.90 Å². The van der Waals surface area contributed by atoms with E-state index in [0.29, 0.717) is 24.5 Å². The van der Waals surface area contributed by atoms with Crippen molar-refractivity contribution in [2.24, 2.45) is 0 Å². The van der Waals surface area contributed by atoms with Gasteiger partial charge in [-0.2, -0.15) is 0 Å². The van der Waals surface area contributed by atoms with Gasteiger partial charge in [0.15, 0.2) is 0 Å². The number of rotatable bonds is 5. The first-order valence-electron chi connectivity index (χ1n) is 6.14. The number of aromatic nitrogens is 2. The highest BCUT2D eigenvalue weighted by atomic mass is 19.1. The van der Waals surface area contributed by atoms with Crippen molar-refractivity contribution in [3.63, 3.8) is 0 Å². The van der Waals surface area contributed by atoms with Crippen molar-refractivity contribution in [2.45, 2.75) is 20.1 Å². The SMILES string of the molecule is CCN(Cc1ccccn1)c1ncc(F)cc1CO. The summed E-state index contributed by atoms with van der Waals surface area (Å²) >= 11 is 0. The van der Waals surface area contributed by atoms with E-state index in [0.717, 1.165) is 11.9 Å². The maximum Gasteiger partial charge on any atom is 0.142 e. The van der Waals surface area contributed by atoms with Crippen LogP contribution in [-0.4, -0.2) is 21.6 Å². The van der Waals surface area contributed by atoms with Gasteiger partial charge in [0, 0.05) is 18.3 Å². The van der Waals surface area contributed by atoms with Crippen LogP contribution in [0.4, 0.5) is 10.2 Å². The smallest absolute Gasteiger partial charge is 0.142 e. The highest BCUT2D eigenvalue weighted by Crippen LogP contribution is 2.20. The minimum absolute atomic E-state index is 0.237. The molecule has 0 saturated heterocycles. The molecular formula is C14H16FN3O. The fourth-order valence-electron chi connectivity index (χ4n) is 1.90. The topological polar surface area (TPSA) is 49.2 Å². The van der Waals surface area contributed by atoms with Gasteiger partial charge < -0.3 is 10.0 Å². The molecule has 4 nitrogen and oxygen atoms in total. The minimum atomic E-state index is -0.443. The first-order chi connectivity index (χ1) is 9.24. The fourth-order valence-corrected chi connectivity index (χ4v) is 1.90. The Morgan fingerprint density at radius 2 is 2.16 bits per heavy atom. The Morgan fingerprint density at radius 1 is 1.32 bits per heavy atom. The zero-order valence-corrected chi connectivity index (χ0v) is 10.8. The van der Waals surface area contributed by atoms with Crippen LogP contribution in [0, 0.1) is 5.82 Å². The molecular weight excluding hydrogens is 245 g/mol. The molecule has 2 rings (SSSR count). The third kappa shape index (κ3) is 3.26. The summed E-state index contributed by atoms with van der Waals surface area (Å²) in [5.74, 6) is 0.152. The summed E-state index contributed by atoms with van der Waals surface area (Å²) in [7, 11) is 0. The predicted molar refractivity (Wildman–Crippen MR) is 71.1 cm³/mol. The summed E-state index contributed by atoms with van der Waals surface area (Å²) in [5.41, 5.74) is 1.39. The molecule has 1 N–H and O–H groups in total. The molecule has 0 spiro atoms. The van der Waals surface area contributed by atoms with Gasteiger partial charge in [-0.3, -0.25) is 4.98 Å². The molecule has 0 aromatic carbocycles. The van der Waals surface area contributed by atoms with Crippen LogP contribution in [0.5, 0.6) is 0 Å². The summed E-state index contributed by atoms with van der Waals surface area (Å²) in [5, 5.41) is 9.30. The van der Waals surface area contributed by atoms with E-state index in [9.17, 15) is 9.50 Å². The molecule has 2 aromatic rings. The molecule has 0 aliphatic heterocycles.